The summed E-state index contributed by atoms with van der Waals surface area (Å²) < 4.78 is 27.8. The van der Waals surface area contributed by atoms with Crippen LogP contribution in [0.5, 0.6) is 17.2 Å². The van der Waals surface area contributed by atoms with Gasteiger partial charge >= 0.3 is 0 Å². The van der Waals surface area contributed by atoms with E-state index >= 15 is 0 Å². The average Bonchev–Trinajstić information content (AvgIpc) is 3.33. The zero-order valence-electron chi connectivity index (χ0n) is 16.7. The molecule has 0 saturated carbocycles. The van der Waals surface area contributed by atoms with Gasteiger partial charge in [-0.15, -0.1) is 0 Å². The van der Waals surface area contributed by atoms with E-state index in [2.05, 4.69) is 0 Å². The first-order chi connectivity index (χ1) is 14.6. The van der Waals surface area contributed by atoms with Crippen molar-refractivity contribution >= 4 is 5.78 Å². The maximum atomic E-state index is 13.3. The molecule has 0 atom stereocenters. The molecule has 0 amide bonds. The molecule has 3 aromatic rings. The van der Waals surface area contributed by atoms with Gasteiger partial charge in [0.2, 0.25) is 0 Å². The van der Waals surface area contributed by atoms with Crippen molar-refractivity contribution in [3.8, 4) is 28.6 Å². The molecule has 30 heavy (non-hydrogen) atoms. The maximum Gasteiger partial charge on any atom is 0.196 e. The van der Waals surface area contributed by atoms with Gasteiger partial charge in [0.1, 0.15) is 11.5 Å². The number of phenolic OH excluding ortho intramolecular Hbond substituents is 1. The SMILES string of the molecule is COc1cc(C(=O)c2cc(-c3ccco3)ccc2O)cc(C2OCCCO2)c1OC. The van der Waals surface area contributed by atoms with Crippen molar-refractivity contribution in [2.75, 3.05) is 27.4 Å². The molecule has 1 fully saturated rings. The summed E-state index contributed by atoms with van der Waals surface area (Å²) in [6.07, 6.45) is 1.68. The molecule has 0 bridgehead atoms. The fraction of sp³-hybridized carbons (Fsp3) is 0.261. The fourth-order valence-electron chi connectivity index (χ4n) is 3.44. The Hall–Kier alpha value is -3.29. The highest BCUT2D eigenvalue weighted by Crippen LogP contribution is 2.40. The molecule has 7 nitrogen and oxygen atoms in total. The number of phenols is 1. The zero-order valence-corrected chi connectivity index (χ0v) is 16.7. The average molecular weight is 410 g/mol. The molecule has 2 aromatic carbocycles. The number of hydrogen-bond acceptors (Lipinski definition) is 7. The molecule has 4 rings (SSSR count). The van der Waals surface area contributed by atoms with Crippen LogP contribution in [0.1, 0.15) is 34.2 Å². The summed E-state index contributed by atoms with van der Waals surface area (Å²) in [6, 6.07) is 11.5. The maximum absolute atomic E-state index is 13.3. The molecule has 1 aliphatic rings. The minimum absolute atomic E-state index is 0.128. The van der Waals surface area contributed by atoms with E-state index in [9.17, 15) is 9.90 Å². The number of hydrogen-bond donors (Lipinski definition) is 1. The van der Waals surface area contributed by atoms with Gasteiger partial charge in [-0.05, 0) is 48.9 Å². The predicted octanol–water partition coefficient (Wildman–Crippen LogP) is 4.34. The number of benzene rings is 2. The number of ether oxygens (including phenoxy) is 4. The smallest absolute Gasteiger partial charge is 0.196 e. The minimum atomic E-state index is -0.668. The second kappa shape index (κ2) is 8.61. The first kappa shape index (κ1) is 20.0. The summed E-state index contributed by atoms with van der Waals surface area (Å²) in [7, 11) is 3.01. The van der Waals surface area contributed by atoms with Crippen molar-refractivity contribution in [1.29, 1.82) is 0 Å². The number of methoxy groups -OCH3 is 2. The predicted molar refractivity (Wildman–Crippen MR) is 108 cm³/mol. The Morgan fingerprint density at radius 3 is 2.53 bits per heavy atom. The van der Waals surface area contributed by atoms with Gasteiger partial charge < -0.3 is 28.5 Å². The Morgan fingerprint density at radius 1 is 1.07 bits per heavy atom. The van der Waals surface area contributed by atoms with E-state index in [1.165, 1.54) is 20.3 Å². The number of aromatic hydroxyl groups is 1. The van der Waals surface area contributed by atoms with E-state index in [1.807, 2.05) is 0 Å². The van der Waals surface area contributed by atoms with Crippen molar-refractivity contribution in [2.24, 2.45) is 0 Å². The number of ketones is 1. The van der Waals surface area contributed by atoms with Crippen molar-refractivity contribution < 1.29 is 33.3 Å². The van der Waals surface area contributed by atoms with Gasteiger partial charge in [-0.3, -0.25) is 4.79 Å². The zero-order chi connectivity index (χ0) is 21.1. The normalized spacial score (nSPS) is 14.5. The summed E-state index contributed by atoms with van der Waals surface area (Å²) >= 11 is 0. The quantitative estimate of drug-likeness (QED) is 0.605. The summed E-state index contributed by atoms with van der Waals surface area (Å²) in [5.41, 5.74) is 1.70. The molecule has 1 aliphatic heterocycles. The molecule has 7 heteroatoms. The van der Waals surface area contributed by atoms with E-state index in [0.717, 1.165) is 6.42 Å². The van der Waals surface area contributed by atoms with Crippen LogP contribution >= 0.6 is 0 Å². The Kier molecular flexibility index (Phi) is 5.74. The van der Waals surface area contributed by atoms with Gasteiger partial charge in [-0.25, -0.2) is 0 Å². The molecule has 0 aliphatic carbocycles. The Labute approximate surface area is 173 Å². The second-order valence-corrected chi connectivity index (χ2v) is 6.77. The van der Waals surface area contributed by atoms with Crippen LogP contribution < -0.4 is 9.47 Å². The summed E-state index contributed by atoms with van der Waals surface area (Å²) in [5.74, 6) is 0.907. The van der Waals surface area contributed by atoms with Gasteiger partial charge in [0.05, 0.1) is 44.8 Å². The third kappa shape index (κ3) is 3.77. The van der Waals surface area contributed by atoms with E-state index in [-0.39, 0.29) is 17.1 Å². The molecule has 1 aromatic heterocycles. The van der Waals surface area contributed by atoms with Crippen LogP contribution in [0.2, 0.25) is 0 Å². The molecule has 0 radical (unpaired) electrons. The summed E-state index contributed by atoms with van der Waals surface area (Å²) in [4.78, 5) is 13.3. The van der Waals surface area contributed by atoms with E-state index in [4.69, 9.17) is 23.4 Å². The van der Waals surface area contributed by atoms with Crippen molar-refractivity contribution in [3.63, 3.8) is 0 Å². The topological polar surface area (TPSA) is 87.4 Å². The Balaban J connectivity index is 1.78. The van der Waals surface area contributed by atoms with Gasteiger partial charge in [0.15, 0.2) is 23.6 Å². The third-order valence-electron chi connectivity index (χ3n) is 4.90. The van der Waals surface area contributed by atoms with Crippen LogP contribution in [0.25, 0.3) is 11.3 Å². The van der Waals surface area contributed by atoms with Crippen molar-refractivity contribution in [1.82, 2.24) is 0 Å². The van der Waals surface area contributed by atoms with Crippen LogP contribution in [0, 0.1) is 0 Å². The van der Waals surface area contributed by atoms with Gasteiger partial charge in [0.25, 0.3) is 0 Å². The van der Waals surface area contributed by atoms with Crippen molar-refractivity contribution in [3.05, 3.63) is 65.4 Å². The van der Waals surface area contributed by atoms with Crippen LogP contribution in [0.3, 0.4) is 0 Å². The monoisotopic (exact) mass is 410 g/mol. The van der Waals surface area contributed by atoms with E-state index in [0.29, 0.717) is 47.2 Å². The van der Waals surface area contributed by atoms with Gasteiger partial charge in [0, 0.05) is 11.1 Å². The van der Waals surface area contributed by atoms with E-state index in [1.54, 1.807) is 42.7 Å². The van der Waals surface area contributed by atoms with Crippen LogP contribution in [0.15, 0.2) is 53.1 Å². The highest BCUT2D eigenvalue weighted by Gasteiger charge is 2.26. The van der Waals surface area contributed by atoms with Crippen LogP contribution in [-0.2, 0) is 9.47 Å². The lowest BCUT2D eigenvalue weighted by molar-refractivity contribution is -0.183. The number of rotatable bonds is 6. The molecule has 156 valence electrons. The van der Waals surface area contributed by atoms with Crippen LogP contribution in [-0.4, -0.2) is 38.3 Å². The molecule has 1 saturated heterocycles. The summed E-state index contributed by atoms with van der Waals surface area (Å²) in [6.45, 7) is 1.08. The lowest BCUT2D eigenvalue weighted by atomic mass is 9.97. The largest absolute Gasteiger partial charge is 0.507 e. The van der Waals surface area contributed by atoms with Crippen LogP contribution in [0.4, 0.5) is 0 Å². The molecule has 0 spiro atoms. The highest BCUT2D eigenvalue weighted by atomic mass is 16.7. The van der Waals surface area contributed by atoms with Gasteiger partial charge in [-0.2, -0.15) is 0 Å². The van der Waals surface area contributed by atoms with E-state index < -0.39 is 6.29 Å². The first-order valence-corrected chi connectivity index (χ1v) is 9.53. The Bertz CT molecular complexity index is 1030. The lowest BCUT2D eigenvalue weighted by Crippen LogP contribution is -2.19. The molecule has 1 N–H and O–H groups in total. The number of furan rings is 1. The molecular formula is C23H22O7. The Morgan fingerprint density at radius 2 is 1.87 bits per heavy atom. The van der Waals surface area contributed by atoms with Gasteiger partial charge in [-0.1, -0.05) is 0 Å². The van der Waals surface area contributed by atoms with Crippen molar-refractivity contribution in [2.45, 2.75) is 12.7 Å². The number of carbonyl (C=O) groups is 1. The molecule has 0 unspecified atom stereocenters. The molecular weight excluding hydrogens is 388 g/mol. The fourth-order valence-corrected chi connectivity index (χ4v) is 3.44. The minimum Gasteiger partial charge on any atom is -0.507 e. The lowest BCUT2D eigenvalue weighted by Gasteiger charge is -2.26. The second-order valence-electron chi connectivity index (χ2n) is 6.77. The summed E-state index contributed by atoms with van der Waals surface area (Å²) in [5, 5.41) is 10.4. The highest BCUT2D eigenvalue weighted by molar-refractivity contribution is 6.11. The first-order valence-electron chi connectivity index (χ1n) is 9.53. The molecule has 2 heterocycles. The third-order valence-corrected chi connectivity index (χ3v) is 4.90. The number of carbonyl (C=O) groups excluding carboxylic acids is 1. The standard InChI is InChI=1S/C23H22O7/c1-26-20-13-15(12-17(22(20)27-2)23-29-9-4-10-30-23)21(25)16-11-14(6-7-18(16)24)19-5-3-8-28-19/h3,5-8,11-13,23-24H,4,9-10H2,1-2H3.